The van der Waals surface area contributed by atoms with E-state index in [1.807, 2.05) is 0 Å². The second-order valence-corrected chi connectivity index (χ2v) is 13.6. The second-order valence-electron chi connectivity index (χ2n) is 1.41. The average molecular weight is 208 g/mol. The van der Waals surface area contributed by atoms with Crippen molar-refractivity contribution >= 4 is 28.8 Å². The Morgan fingerprint density at radius 2 is 1.67 bits per heavy atom. The van der Waals surface area contributed by atoms with Crippen molar-refractivity contribution in [3.8, 4) is 0 Å². The number of halogens is 1. The maximum absolute atomic E-state index is 5.86. The quantitative estimate of drug-likeness (QED) is 0.653. The van der Waals surface area contributed by atoms with Gasteiger partial charge in [0.1, 0.15) is 0 Å². The van der Waals surface area contributed by atoms with Crippen LogP contribution in [0.3, 0.4) is 0 Å². The number of hydrogen-bond donors (Lipinski definition) is 0. The van der Waals surface area contributed by atoms with Crippen LogP contribution in [0.1, 0.15) is 13.8 Å². The number of hydrogen-bond acceptors (Lipinski definition) is 0. The molecule has 0 aliphatic rings. The molecule has 0 aromatic rings. The fraction of sp³-hybridized carbons (Fsp3) is 1.00. The SMILES string of the molecule is C[CH2][In]([Cl])[CH2]C. The van der Waals surface area contributed by atoms with Gasteiger partial charge in [0.15, 0.2) is 0 Å². The molecule has 0 aromatic carbocycles. The Balaban J connectivity index is 2.75. The van der Waals surface area contributed by atoms with Gasteiger partial charge in [0, 0.05) is 0 Å². The van der Waals surface area contributed by atoms with Crippen molar-refractivity contribution in [2.75, 3.05) is 0 Å². The summed E-state index contributed by atoms with van der Waals surface area (Å²) in [4.78, 5) is 0. The van der Waals surface area contributed by atoms with E-state index >= 15 is 0 Å². The van der Waals surface area contributed by atoms with Crippen LogP contribution in [0.5, 0.6) is 0 Å². The molecule has 0 heterocycles. The molecule has 6 heavy (non-hydrogen) atoms. The van der Waals surface area contributed by atoms with Gasteiger partial charge >= 0.3 is 51.0 Å². The zero-order valence-electron chi connectivity index (χ0n) is 4.37. The Bertz CT molecular complexity index is 26.7. The van der Waals surface area contributed by atoms with Gasteiger partial charge in [0.05, 0.1) is 0 Å². The number of rotatable bonds is 2. The van der Waals surface area contributed by atoms with Crippen LogP contribution < -0.4 is 0 Å². The van der Waals surface area contributed by atoms with E-state index in [0.29, 0.717) is 0 Å². The molecule has 0 saturated carbocycles. The van der Waals surface area contributed by atoms with Gasteiger partial charge in [-0.2, -0.15) is 0 Å². The molecule has 0 aromatic heterocycles. The van der Waals surface area contributed by atoms with Crippen LogP contribution in [-0.2, 0) is 0 Å². The first-order chi connectivity index (χ1) is 2.81. The summed E-state index contributed by atoms with van der Waals surface area (Å²) < 4.78 is 2.61. The topological polar surface area (TPSA) is 0 Å². The molecule has 0 aliphatic carbocycles. The zero-order chi connectivity index (χ0) is 4.99. The Kier molecular flexibility index (Phi) is 5.16. The molecule has 36 valence electrons. The molecule has 0 N–H and O–H groups in total. The van der Waals surface area contributed by atoms with Crippen molar-refractivity contribution in [1.29, 1.82) is 0 Å². The fourth-order valence-corrected chi connectivity index (χ4v) is 1.94. The summed E-state index contributed by atoms with van der Waals surface area (Å²) in [5.41, 5.74) is 0. The van der Waals surface area contributed by atoms with E-state index in [-0.39, 0.29) is 0 Å². The van der Waals surface area contributed by atoms with E-state index in [9.17, 15) is 0 Å². The molecule has 0 radical (unpaired) electrons. The van der Waals surface area contributed by atoms with Crippen LogP contribution >= 0.6 is 8.58 Å². The van der Waals surface area contributed by atoms with Crippen molar-refractivity contribution in [2.45, 2.75) is 22.2 Å². The van der Waals surface area contributed by atoms with E-state index in [1.165, 1.54) is 8.35 Å². The summed E-state index contributed by atoms with van der Waals surface area (Å²) in [7, 11) is 5.86. The predicted molar refractivity (Wildman–Crippen MR) is 32.6 cm³/mol. The first-order valence-electron chi connectivity index (χ1n) is 2.45. The third-order valence-electron chi connectivity index (χ3n) is 0.886. The molecule has 0 unspecified atom stereocenters. The predicted octanol–water partition coefficient (Wildman–Crippen LogP) is 2.26. The van der Waals surface area contributed by atoms with Gasteiger partial charge in [-0.05, 0) is 0 Å². The van der Waals surface area contributed by atoms with Crippen molar-refractivity contribution in [1.82, 2.24) is 0 Å². The van der Waals surface area contributed by atoms with E-state index in [0.717, 1.165) is 0 Å². The van der Waals surface area contributed by atoms with E-state index in [1.54, 1.807) is 0 Å². The average Bonchev–Trinajstić information content (AvgIpc) is 1.65. The van der Waals surface area contributed by atoms with Gasteiger partial charge in [-0.3, -0.25) is 0 Å². The van der Waals surface area contributed by atoms with E-state index in [4.69, 9.17) is 8.58 Å². The Morgan fingerprint density at radius 3 is 1.67 bits per heavy atom. The van der Waals surface area contributed by atoms with Crippen molar-refractivity contribution in [3.05, 3.63) is 0 Å². The summed E-state index contributed by atoms with van der Waals surface area (Å²) in [6.07, 6.45) is 0. The molecule has 2 heteroatoms. The first-order valence-corrected chi connectivity index (χ1v) is 11.3. The van der Waals surface area contributed by atoms with Gasteiger partial charge in [-0.25, -0.2) is 0 Å². The van der Waals surface area contributed by atoms with Crippen molar-refractivity contribution in [2.24, 2.45) is 0 Å². The molecule has 0 aliphatic heterocycles. The zero-order valence-corrected chi connectivity index (χ0v) is 8.42. The summed E-state index contributed by atoms with van der Waals surface area (Å²) in [5.74, 6) is 0. The monoisotopic (exact) mass is 208 g/mol. The molecule has 0 atom stereocenters. The third kappa shape index (κ3) is 3.35. The van der Waals surface area contributed by atoms with Gasteiger partial charge in [-0.1, -0.05) is 0 Å². The Morgan fingerprint density at radius 1 is 1.33 bits per heavy atom. The van der Waals surface area contributed by atoms with Gasteiger partial charge < -0.3 is 0 Å². The molecule has 0 rings (SSSR count). The summed E-state index contributed by atoms with van der Waals surface area (Å²) in [6, 6.07) is 0. The molecule has 0 spiro atoms. The molecular formula is C4H10ClIn. The third-order valence-corrected chi connectivity index (χ3v) is 10.1. The Hall–Kier alpha value is 1.16. The van der Waals surface area contributed by atoms with Crippen LogP contribution in [0.2, 0.25) is 8.35 Å². The van der Waals surface area contributed by atoms with Gasteiger partial charge in [-0.15, -0.1) is 0 Å². The second kappa shape index (κ2) is 4.32. The van der Waals surface area contributed by atoms with Crippen LogP contribution in [-0.4, -0.2) is 20.3 Å². The normalized spacial score (nSPS) is 8.50. The van der Waals surface area contributed by atoms with E-state index in [2.05, 4.69) is 13.8 Å². The summed E-state index contributed by atoms with van der Waals surface area (Å²) in [6.45, 7) is 4.38. The summed E-state index contributed by atoms with van der Waals surface area (Å²) >= 11 is -1.25. The molecule has 0 fully saturated rings. The van der Waals surface area contributed by atoms with E-state index < -0.39 is 20.3 Å². The first kappa shape index (κ1) is 7.16. The van der Waals surface area contributed by atoms with Crippen LogP contribution in [0.4, 0.5) is 0 Å². The summed E-state index contributed by atoms with van der Waals surface area (Å²) in [5, 5.41) is 0. The van der Waals surface area contributed by atoms with Crippen molar-refractivity contribution < 1.29 is 0 Å². The molecule has 0 nitrogen and oxygen atoms in total. The molecule has 0 amide bonds. The van der Waals surface area contributed by atoms with Crippen LogP contribution in [0, 0.1) is 0 Å². The minimum absolute atomic E-state index is 1.25. The molecule has 0 saturated heterocycles. The van der Waals surface area contributed by atoms with Crippen LogP contribution in [0.15, 0.2) is 0 Å². The maximum atomic E-state index is 5.86. The standard InChI is InChI=1S/2C2H5.ClH.In/c2*1-2;;/h2*1H2,2H3;1H;/q;;;+1/p-1. The Labute approximate surface area is 51.0 Å². The fourth-order valence-electron chi connectivity index (χ4n) is 0.289. The van der Waals surface area contributed by atoms with Gasteiger partial charge in [0.2, 0.25) is 0 Å². The van der Waals surface area contributed by atoms with Crippen molar-refractivity contribution in [3.63, 3.8) is 0 Å². The molecular weight excluding hydrogens is 198 g/mol. The van der Waals surface area contributed by atoms with Crippen LogP contribution in [0.25, 0.3) is 0 Å². The minimum atomic E-state index is -1.25. The van der Waals surface area contributed by atoms with Gasteiger partial charge in [0.25, 0.3) is 0 Å². The molecule has 0 bridgehead atoms.